The van der Waals surface area contributed by atoms with Gasteiger partial charge in [0.25, 0.3) is 0 Å². The molecule has 0 heterocycles. The molecule has 0 amide bonds. The van der Waals surface area contributed by atoms with Crippen molar-refractivity contribution in [1.82, 2.24) is 0 Å². The smallest absolute Gasteiger partial charge is 2.00 e. The summed E-state index contributed by atoms with van der Waals surface area (Å²) in [6.07, 6.45) is 0. The average molecular weight is 257 g/mol. The Balaban J connectivity index is -0.0000000800. The Morgan fingerprint density at radius 1 is 1.14 bits per heavy atom. The van der Waals surface area contributed by atoms with E-state index in [0.29, 0.717) is 0 Å². The quantitative estimate of drug-likeness (QED) is 0.406. The third-order valence-electron chi connectivity index (χ3n) is 0. The van der Waals surface area contributed by atoms with E-state index in [9.17, 15) is 0 Å². The summed E-state index contributed by atoms with van der Waals surface area (Å²) in [7, 11) is 0. The average Bonchev–Trinajstić information content (AvgIpc) is 0.722. The monoisotopic (exact) mass is 257 g/mol. The molecule has 0 aromatic rings. The second-order valence-electron chi connectivity index (χ2n) is 0.513. The van der Waals surface area contributed by atoms with Crippen LogP contribution in [0.2, 0.25) is 0 Å². The van der Waals surface area contributed by atoms with Crippen LogP contribution in [0.1, 0.15) is 0 Å². The maximum Gasteiger partial charge on any atom is 3.00 e. The van der Waals surface area contributed by atoms with Crippen molar-refractivity contribution in [2.24, 2.45) is 0 Å². The molecule has 0 aliphatic heterocycles. The molecule has 0 saturated heterocycles. The summed E-state index contributed by atoms with van der Waals surface area (Å²) in [4.78, 5) is 0. The van der Waals surface area contributed by atoms with Gasteiger partial charge in [0, 0.05) is 0 Å². The predicted octanol–water partition coefficient (Wildman–Crippen LogP) is -2.93. The van der Waals surface area contributed by atoms with E-state index in [-0.39, 0.29) is 55.7 Å². The van der Waals surface area contributed by atoms with Crippen molar-refractivity contribution in [3.63, 3.8) is 0 Å². The molecular weight excluding hydrogens is 254 g/mol. The van der Waals surface area contributed by atoms with Crippen LogP contribution in [-0.2, 0) is 3.74 Å². The molecule has 0 atom stereocenters. The first-order valence-electron chi connectivity index (χ1n) is 0.783. The second kappa shape index (κ2) is 6.18. The minimum Gasteiger partial charge on any atom is 2.00 e. The maximum atomic E-state index is 8.94. The van der Waals surface area contributed by atoms with Gasteiger partial charge >= 0.3 is 86.2 Å². The van der Waals surface area contributed by atoms with Gasteiger partial charge < -0.3 is 0 Å². The molecule has 2 radical (unpaired) electrons. The summed E-state index contributed by atoms with van der Waals surface area (Å²) in [5.74, 6) is 0. The van der Waals surface area contributed by atoms with Crippen molar-refractivity contribution in [3.8, 4) is 0 Å². The topological polar surface area (TPSA) is 77.8 Å². The minimum atomic E-state index is -5.12. The molecule has 0 bridgehead atoms. The van der Waals surface area contributed by atoms with Crippen LogP contribution in [0, 0.1) is 0 Å². The third-order valence-corrected chi connectivity index (χ3v) is 0. The van der Waals surface area contributed by atoms with E-state index in [1.165, 1.54) is 0 Å². The van der Waals surface area contributed by atoms with Crippen LogP contribution < -0.4 is 0 Å². The summed E-state index contributed by atoms with van der Waals surface area (Å²) in [5, 5.41) is 0. The zero-order chi connectivity index (χ0) is 4.50. The Morgan fingerprint density at radius 2 is 1.14 bits per heavy atom. The Labute approximate surface area is 85.0 Å². The van der Waals surface area contributed by atoms with Crippen molar-refractivity contribution >= 4 is 70.2 Å². The van der Waals surface area contributed by atoms with Gasteiger partial charge in [-0.1, -0.05) is 0 Å². The Kier molecular flexibility index (Phi) is 14.1. The molecule has 7 heteroatoms. The SMILES string of the molecule is O=[As](O)(O)O.[As+3].[Ca+2]. The van der Waals surface area contributed by atoms with Gasteiger partial charge in [0.05, 0.1) is 0 Å². The number of rotatable bonds is 0. The van der Waals surface area contributed by atoms with Crippen LogP contribution >= 0.6 is 0 Å². The zero-order valence-corrected chi connectivity index (χ0v) is 9.31. The first-order valence-corrected chi connectivity index (χ1v) is 4.07. The van der Waals surface area contributed by atoms with E-state index >= 15 is 0 Å². The molecule has 7 heavy (non-hydrogen) atoms. The fourth-order valence-electron chi connectivity index (χ4n) is 0. The Hall–Kier alpha value is 2.06. The molecule has 0 rings (SSSR count). The first kappa shape index (κ1) is 16.0. The fraction of sp³-hybridized carbons (Fsp3) is 0. The van der Waals surface area contributed by atoms with Crippen LogP contribution in [0.25, 0.3) is 0 Å². The van der Waals surface area contributed by atoms with E-state index in [4.69, 9.17) is 16.0 Å². The van der Waals surface area contributed by atoms with Crippen LogP contribution in [0.4, 0.5) is 0 Å². The molecule has 0 aliphatic rings. The molecule has 0 aliphatic carbocycles. The van der Waals surface area contributed by atoms with E-state index in [1.807, 2.05) is 0 Å². The summed E-state index contributed by atoms with van der Waals surface area (Å²) in [5.41, 5.74) is 0. The van der Waals surface area contributed by atoms with Gasteiger partial charge in [0.15, 0.2) is 0 Å². The Morgan fingerprint density at radius 3 is 1.14 bits per heavy atom. The van der Waals surface area contributed by atoms with Gasteiger partial charge in [0.2, 0.25) is 0 Å². The molecular formula is H3As2CaO4+5. The van der Waals surface area contributed by atoms with Crippen molar-refractivity contribution in [2.45, 2.75) is 0 Å². The molecule has 0 unspecified atom stereocenters. The largest absolute Gasteiger partial charge is 3.00 e. The van der Waals surface area contributed by atoms with Crippen molar-refractivity contribution < 1.29 is 16.0 Å². The maximum absolute atomic E-state index is 8.94. The molecule has 0 aromatic heterocycles. The summed E-state index contributed by atoms with van der Waals surface area (Å²) < 4.78 is 30.7. The van der Waals surface area contributed by atoms with Gasteiger partial charge in [0.1, 0.15) is 0 Å². The molecule has 3 N–H and O–H groups in total. The number of hydrogen-bond donors (Lipinski definition) is 3. The van der Waals surface area contributed by atoms with Crippen molar-refractivity contribution in [1.29, 1.82) is 0 Å². The standard InChI is InChI=1S/AsH3O4.As.Ca/c2-1(3,4)5;;/h(H3,2,3,4,5);;/q;+3;+2. The van der Waals surface area contributed by atoms with Gasteiger partial charge in [-0.3, -0.25) is 0 Å². The van der Waals surface area contributed by atoms with E-state index in [1.54, 1.807) is 0 Å². The van der Waals surface area contributed by atoms with Gasteiger partial charge in [-0.15, -0.1) is 0 Å². The van der Waals surface area contributed by atoms with E-state index < -0.39 is 14.5 Å². The molecule has 4 nitrogen and oxygen atoms in total. The van der Waals surface area contributed by atoms with Crippen LogP contribution in [0.15, 0.2) is 0 Å². The fourth-order valence-corrected chi connectivity index (χ4v) is 0. The van der Waals surface area contributed by atoms with E-state index in [0.717, 1.165) is 0 Å². The normalized spacial score (nSPS) is 8.43. The van der Waals surface area contributed by atoms with Crippen LogP contribution in [0.3, 0.4) is 0 Å². The molecule has 0 fully saturated rings. The summed E-state index contributed by atoms with van der Waals surface area (Å²) in [6.45, 7) is 0. The summed E-state index contributed by atoms with van der Waals surface area (Å²) in [6, 6.07) is 0. The van der Waals surface area contributed by atoms with Crippen LogP contribution in [-0.4, -0.2) is 82.5 Å². The molecule has 34 valence electrons. The van der Waals surface area contributed by atoms with Crippen molar-refractivity contribution in [3.05, 3.63) is 0 Å². The van der Waals surface area contributed by atoms with E-state index in [2.05, 4.69) is 0 Å². The minimum absolute atomic E-state index is 0. The number of hydrogen-bond acceptors (Lipinski definition) is 1. The van der Waals surface area contributed by atoms with Gasteiger partial charge in [-0.25, -0.2) is 0 Å². The third kappa shape index (κ3) is 69.9. The zero-order valence-electron chi connectivity index (χ0n) is 3.35. The Bertz CT molecular complexity index is 55.8. The first-order chi connectivity index (χ1) is 2.00. The molecule has 0 aromatic carbocycles. The van der Waals surface area contributed by atoms with Gasteiger partial charge in [-0.05, 0) is 0 Å². The second-order valence-corrected chi connectivity index (χ2v) is 2.67. The molecule has 0 saturated carbocycles. The van der Waals surface area contributed by atoms with Gasteiger partial charge in [-0.2, -0.15) is 0 Å². The summed E-state index contributed by atoms with van der Waals surface area (Å²) >= 11 is -5.12. The van der Waals surface area contributed by atoms with Crippen molar-refractivity contribution in [2.75, 3.05) is 0 Å². The predicted molar refractivity (Wildman–Crippen MR) is 24.6 cm³/mol. The van der Waals surface area contributed by atoms with Crippen LogP contribution in [0.5, 0.6) is 0 Å². The molecule has 0 spiro atoms.